The molecule has 4 aromatic rings. The lowest BCUT2D eigenvalue weighted by molar-refractivity contribution is -0.121. The number of ether oxygens (including phenoxy) is 1. The molecular weight excluding hydrogens is 402 g/mol. The predicted molar refractivity (Wildman–Crippen MR) is 117 cm³/mol. The third kappa shape index (κ3) is 3.65. The molecule has 0 aliphatic heterocycles. The summed E-state index contributed by atoms with van der Waals surface area (Å²) in [6.45, 7) is 0.154. The van der Waals surface area contributed by atoms with Crippen molar-refractivity contribution in [1.29, 1.82) is 0 Å². The van der Waals surface area contributed by atoms with Gasteiger partial charge in [0.05, 0.1) is 18.3 Å². The number of para-hydroxylation sites is 2. The first-order valence-electron chi connectivity index (χ1n) is 9.27. The summed E-state index contributed by atoms with van der Waals surface area (Å²) in [5.74, 6) is 0.0753. The number of benzene rings is 2. The second-order valence-electron chi connectivity index (χ2n) is 6.58. The molecule has 0 saturated carbocycles. The first-order valence-corrected chi connectivity index (χ1v) is 10.1. The molecule has 0 atom stereocenters. The molecule has 1 N–H and O–H groups in total. The van der Waals surface area contributed by atoms with Gasteiger partial charge in [0.25, 0.3) is 5.56 Å². The van der Waals surface area contributed by atoms with E-state index < -0.39 is 11.2 Å². The lowest BCUT2D eigenvalue weighted by Gasteiger charge is -2.14. The van der Waals surface area contributed by atoms with Crippen LogP contribution >= 0.6 is 11.3 Å². The molecule has 4 rings (SSSR count). The van der Waals surface area contributed by atoms with Crippen LogP contribution in [0.2, 0.25) is 0 Å². The Morgan fingerprint density at radius 3 is 2.53 bits per heavy atom. The van der Waals surface area contributed by atoms with Crippen molar-refractivity contribution in [3.63, 3.8) is 0 Å². The zero-order valence-electron chi connectivity index (χ0n) is 16.2. The van der Waals surface area contributed by atoms with Crippen LogP contribution in [-0.2, 0) is 17.9 Å². The van der Waals surface area contributed by atoms with E-state index in [1.807, 2.05) is 30.3 Å². The number of fused-ring (bicyclic) bond motifs is 1. The smallest absolute Gasteiger partial charge is 0.336 e. The molecule has 0 spiro atoms. The SMILES string of the molecule is COc1ccccc1-n1c(=O)c2sccc2n(CC(=O)NCc2ccccc2)c1=O. The fourth-order valence-electron chi connectivity index (χ4n) is 3.26. The zero-order chi connectivity index (χ0) is 21.1. The minimum atomic E-state index is -0.592. The Morgan fingerprint density at radius 1 is 1.03 bits per heavy atom. The highest BCUT2D eigenvalue weighted by Crippen LogP contribution is 2.21. The molecule has 7 nitrogen and oxygen atoms in total. The van der Waals surface area contributed by atoms with E-state index in [2.05, 4.69) is 5.32 Å². The summed E-state index contributed by atoms with van der Waals surface area (Å²) in [7, 11) is 1.48. The second-order valence-corrected chi connectivity index (χ2v) is 7.49. The molecule has 2 aromatic heterocycles. The number of amides is 1. The molecule has 0 unspecified atom stereocenters. The summed E-state index contributed by atoms with van der Waals surface area (Å²) in [6.07, 6.45) is 0. The van der Waals surface area contributed by atoms with Gasteiger partial charge in [-0.3, -0.25) is 14.2 Å². The highest BCUT2D eigenvalue weighted by atomic mass is 32.1. The third-order valence-electron chi connectivity index (χ3n) is 4.72. The van der Waals surface area contributed by atoms with E-state index in [0.29, 0.717) is 28.2 Å². The highest BCUT2D eigenvalue weighted by molar-refractivity contribution is 7.17. The van der Waals surface area contributed by atoms with Gasteiger partial charge < -0.3 is 10.1 Å². The topological polar surface area (TPSA) is 82.3 Å². The summed E-state index contributed by atoms with van der Waals surface area (Å²) >= 11 is 1.23. The first-order chi connectivity index (χ1) is 14.6. The Balaban J connectivity index is 1.75. The van der Waals surface area contributed by atoms with Crippen molar-refractivity contribution in [3.8, 4) is 11.4 Å². The van der Waals surface area contributed by atoms with E-state index >= 15 is 0 Å². The lowest BCUT2D eigenvalue weighted by Crippen LogP contribution is -2.41. The molecule has 8 heteroatoms. The maximum atomic E-state index is 13.3. The van der Waals surface area contributed by atoms with Gasteiger partial charge in [0.15, 0.2) is 0 Å². The minimum Gasteiger partial charge on any atom is -0.495 e. The monoisotopic (exact) mass is 421 g/mol. The lowest BCUT2D eigenvalue weighted by atomic mass is 10.2. The van der Waals surface area contributed by atoms with Crippen molar-refractivity contribution in [2.24, 2.45) is 0 Å². The van der Waals surface area contributed by atoms with Crippen LogP contribution in [0.15, 0.2) is 75.6 Å². The average molecular weight is 421 g/mol. The van der Waals surface area contributed by atoms with Gasteiger partial charge >= 0.3 is 5.69 Å². The fraction of sp³-hybridized carbons (Fsp3) is 0.136. The largest absolute Gasteiger partial charge is 0.495 e. The van der Waals surface area contributed by atoms with Crippen LogP contribution in [0.5, 0.6) is 5.75 Å². The van der Waals surface area contributed by atoms with Crippen molar-refractivity contribution in [2.45, 2.75) is 13.1 Å². The maximum absolute atomic E-state index is 13.3. The molecule has 1 amide bonds. The van der Waals surface area contributed by atoms with Crippen LogP contribution in [0, 0.1) is 0 Å². The minimum absolute atomic E-state index is 0.200. The molecule has 0 radical (unpaired) electrons. The molecule has 0 aliphatic rings. The standard InChI is InChI=1S/C22H19N3O4S/c1-29-18-10-6-5-9-16(18)25-21(27)20-17(11-12-30-20)24(22(25)28)14-19(26)23-13-15-7-3-2-4-8-15/h2-12H,13-14H2,1H3,(H,23,26). The molecule has 0 bridgehead atoms. The van der Waals surface area contributed by atoms with Gasteiger partial charge in [-0.15, -0.1) is 11.3 Å². The molecular formula is C22H19N3O4S. The van der Waals surface area contributed by atoms with E-state index in [-0.39, 0.29) is 12.5 Å². The van der Waals surface area contributed by atoms with Crippen LogP contribution in [0.1, 0.15) is 5.56 Å². The number of nitrogens with zero attached hydrogens (tertiary/aromatic N) is 2. The van der Waals surface area contributed by atoms with Crippen LogP contribution in [0.3, 0.4) is 0 Å². The summed E-state index contributed by atoms with van der Waals surface area (Å²) in [4.78, 5) is 38.9. The van der Waals surface area contributed by atoms with Crippen molar-refractivity contribution in [1.82, 2.24) is 14.5 Å². The molecule has 30 heavy (non-hydrogen) atoms. The Labute approximate surface area is 175 Å². The number of thiophene rings is 1. The van der Waals surface area contributed by atoms with Gasteiger partial charge in [-0.05, 0) is 29.1 Å². The summed E-state index contributed by atoms with van der Waals surface area (Å²) in [5, 5.41) is 4.55. The molecule has 2 aromatic carbocycles. The van der Waals surface area contributed by atoms with E-state index in [9.17, 15) is 14.4 Å². The number of methoxy groups -OCH3 is 1. The van der Waals surface area contributed by atoms with Gasteiger partial charge in [0.2, 0.25) is 5.91 Å². The number of aromatic nitrogens is 2. The number of rotatable bonds is 6. The first kappa shape index (κ1) is 19.7. The molecule has 0 fully saturated rings. The van der Waals surface area contributed by atoms with Crippen LogP contribution in [0.4, 0.5) is 0 Å². The molecule has 0 aliphatic carbocycles. The zero-order valence-corrected chi connectivity index (χ0v) is 17.0. The summed E-state index contributed by atoms with van der Waals surface area (Å²) in [6, 6.07) is 18.0. The summed E-state index contributed by atoms with van der Waals surface area (Å²) < 4.78 is 8.10. The van der Waals surface area contributed by atoms with E-state index in [1.54, 1.807) is 35.7 Å². The number of hydrogen-bond acceptors (Lipinski definition) is 5. The number of carbonyl (C=O) groups excluding carboxylic acids is 1. The second kappa shape index (κ2) is 8.38. The number of nitrogens with one attached hydrogen (secondary N) is 1. The Hall–Kier alpha value is -3.65. The molecule has 2 heterocycles. The van der Waals surface area contributed by atoms with Crippen molar-refractivity contribution in [3.05, 3.63) is 92.4 Å². The van der Waals surface area contributed by atoms with Gasteiger partial charge in [-0.25, -0.2) is 9.36 Å². The average Bonchev–Trinajstić information content (AvgIpc) is 3.26. The summed E-state index contributed by atoms with van der Waals surface area (Å²) in [5.41, 5.74) is 0.707. The van der Waals surface area contributed by atoms with Crippen molar-refractivity contribution in [2.75, 3.05) is 7.11 Å². The van der Waals surface area contributed by atoms with Gasteiger partial charge in [0, 0.05) is 6.54 Å². The third-order valence-corrected chi connectivity index (χ3v) is 5.61. The van der Waals surface area contributed by atoms with E-state index in [0.717, 1.165) is 10.1 Å². The Bertz CT molecular complexity index is 1320. The Morgan fingerprint density at radius 2 is 1.77 bits per heavy atom. The van der Waals surface area contributed by atoms with Crippen LogP contribution in [0.25, 0.3) is 15.9 Å². The van der Waals surface area contributed by atoms with Gasteiger partial charge in [-0.1, -0.05) is 42.5 Å². The van der Waals surface area contributed by atoms with Crippen molar-refractivity contribution < 1.29 is 9.53 Å². The van der Waals surface area contributed by atoms with E-state index in [1.165, 1.54) is 23.0 Å². The molecule has 152 valence electrons. The maximum Gasteiger partial charge on any atom is 0.336 e. The fourth-order valence-corrected chi connectivity index (χ4v) is 4.09. The van der Waals surface area contributed by atoms with Crippen molar-refractivity contribution >= 4 is 27.5 Å². The highest BCUT2D eigenvalue weighted by Gasteiger charge is 2.19. The molecule has 0 saturated heterocycles. The van der Waals surface area contributed by atoms with Gasteiger partial charge in [0.1, 0.15) is 17.0 Å². The number of carbonyl (C=O) groups is 1. The normalized spacial score (nSPS) is 10.8. The van der Waals surface area contributed by atoms with Crippen LogP contribution in [-0.4, -0.2) is 22.2 Å². The number of hydrogen-bond donors (Lipinski definition) is 1. The van der Waals surface area contributed by atoms with Gasteiger partial charge in [-0.2, -0.15) is 0 Å². The van der Waals surface area contributed by atoms with E-state index in [4.69, 9.17) is 4.74 Å². The van der Waals surface area contributed by atoms with Crippen LogP contribution < -0.4 is 21.3 Å². The Kier molecular flexibility index (Phi) is 5.49. The predicted octanol–water partition coefficient (Wildman–Crippen LogP) is 2.54. The quantitative estimate of drug-likeness (QED) is 0.519.